The number of thiophene rings is 1. The first kappa shape index (κ1) is 36.8. The molecule has 12 nitrogen and oxygen atoms in total. The molecular formula is C31H51N5O7S2. The minimum Gasteiger partial charge on any atom is -0.479 e. The van der Waals surface area contributed by atoms with Crippen LogP contribution >= 0.6 is 11.3 Å². The first-order valence-electron chi connectivity index (χ1n) is 16.0. The average molecular weight is 670 g/mol. The van der Waals surface area contributed by atoms with Crippen molar-refractivity contribution in [3.63, 3.8) is 0 Å². The molecule has 4 amide bonds. The summed E-state index contributed by atoms with van der Waals surface area (Å²) in [5.74, 6) is -2.07. The van der Waals surface area contributed by atoms with Crippen molar-refractivity contribution in [1.82, 2.24) is 25.2 Å². The molecule has 1 saturated heterocycles. The van der Waals surface area contributed by atoms with Gasteiger partial charge in [-0.25, -0.2) is 18.0 Å². The van der Waals surface area contributed by atoms with Crippen molar-refractivity contribution < 1.29 is 32.7 Å². The van der Waals surface area contributed by atoms with E-state index in [1.165, 1.54) is 41.6 Å². The Bertz CT molecular complexity index is 1280. The number of carboxylic acids is 1. The summed E-state index contributed by atoms with van der Waals surface area (Å²) in [6.45, 7) is 7.79. The third-order valence-electron chi connectivity index (χ3n) is 8.97. The molecule has 1 saturated carbocycles. The summed E-state index contributed by atoms with van der Waals surface area (Å²) in [5.41, 5.74) is -1.78. The largest absolute Gasteiger partial charge is 0.479 e. The van der Waals surface area contributed by atoms with Crippen LogP contribution in [0.3, 0.4) is 0 Å². The molecule has 14 heteroatoms. The van der Waals surface area contributed by atoms with Crippen LogP contribution in [0.5, 0.6) is 0 Å². The van der Waals surface area contributed by atoms with Crippen LogP contribution in [0.15, 0.2) is 21.7 Å². The van der Waals surface area contributed by atoms with Gasteiger partial charge in [0.25, 0.3) is 10.0 Å². The maximum atomic E-state index is 13.3. The van der Waals surface area contributed by atoms with Crippen molar-refractivity contribution in [2.24, 2.45) is 11.3 Å². The summed E-state index contributed by atoms with van der Waals surface area (Å²) < 4.78 is 27.3. The number of hydrogen-bond donors (Lipinski definition) is 4. The fraction of sp³-hybridized carbons (Fsp3) is 0.742. The topological polar surface area (TPSA) is 165 Å². The number of nitrogens with zero attached hydrogens (tertiary/aromatic N) is 2. The Morgan fingerprint density at radius 1 is 1.16 bits per heavy atom. The number of nitrogens with one attached hydrogen (secondary N) is 3. The first-order valence-corrected chi connectivity index (χ1v) is 18.3. The minimum atomic E-state index is -3.72. The number of amides is 4. The van der Waals surface area contributed by atoms with Crippen LogP contribution < -0.4 is 16.0 Å². The van der Waals surface area contributed by atoms with Crippen LogP contribution in [0.2, 0.25) is 0 Å². The van der Waals surface area contributed by atoms with Crippen LogP contribution in [-0.4, -0.2) is 90.8 Å². The number of unbranched alkanes of at least 4 members (excludes halogenated alkanes) is 5. The van der Waals surface area contributed by atoms with Gasteiger partial charge in [0, 0.05) is 26.2 Å². The van der Waals surface area contributed by atoms with Gasteiger partial charge in [0.1, 0.15) is 15.8 Å². The van der Waals surface area contributed by atoms with Gasteiger partial charge in [0.2, 0.25) is 11.8 Å². The summed E-state index contributed by atoms with van der Waals surface area (Å²) in [5, 5.41) is 19.8. The summed E-state index contributed by atoms with van der Waals surface area (Å²) in [6, 6.07) is 1.18. The number of sulfonamides is 1. The summed E-state index contributed by atoms with van der Waals surface area (Å²) in [4.78, 5) is 52.8. The predicted molar refractivity (Wildman–Crippen MR) is 173 cm³/mol. The van der Waals surface area contributed by atoms with E-state index in [0.29, 0.717) is 25.8 Å². The van der Waals surface area contributed by atoms with Crippen LogP contribution in [0, 0.1) is 11.3 Å². The number of likely N-dealkylation sites (N-methyl/N-ethyl adjacent to an activating group) is 1. The van der Waals surface area contributed by atoms with E-state index >= 15 is 0 Å². The van der Waals surface area contributed by atoms with E-state index in [4.69, 9.17) is 0 Å². The maximum Gasteiger partial charge on any atom is 0.329 e. The fourth-order valence-electron chi connectivity index (χ4n) is 5.88. The van der Waals surface area contributed by atoms with Gasteiger partial charge < -0.3 is 26.0 Å². The summed E-state index contributed by atoms with van der Waals surface area (Å²) >= 11 is 1.12. The lowest BCUT2D eigenvalue weighted by Gasteiger charge is -2.34. The average Bonchev–Trinajstić information content (AvgIpc) is 3.35. The minimum absolute atomic E-state index is 0.0185. The second kappa shape index (κ2) is 15.7. The van der Waals surface area contributed by atoms with Crippen molar-refractivity contribution >= 4 is 45.2 Å². The molecule has 1 aliphatic carbocycles. The number of hydrogen-bond acceptors (Lipinski definition) is 7. The zero-order chi connectivity index (χ0) is 33.4. The molecule has 2 fully saturated rings. The van der Waals surface area contributed by atoms with Crippen molar-refractivity contribution in [3.8, 4) is 0 Å². The Morgan fingerprint density at radius 3 is 2.47 bits per heavy atom. The number of rotatable bonds is 17. The maximum absolute atomic E-state index is 13.3. The zero-order valence-electron chi connectivity index (χ0n) is 27.3. The van der Waals surface area contributed by atoms with Crippen LogP contribution in [0.1, 0.15) is 91.9 Å². The molecule has 0 radical (unpaired) electrons. The van der Waals surface area contributed by atoms with E-state index in [-0.39, 0.29) is 23.2 Å². The third kappa shape index (κ3) is 9.65. The molecule has 2 heterocycles. The quantitative estimate of drug-likeness (QED) is 0.183. The Morgan fingerprint density at radius 2 is 1.84 bits per heavy atom. The number of carboxylic acid groups (broad SMARTS) is 1. The van der Waals surface area contributed by atoms with Crippen molar-refractivity contribution in [3.05, 3.63) is 17.5 Å². The van der Waals surface area contributed by atoms with Gasteiger partial charge in [-0.2, -0.15) is 4.31 Å². The lowest BCUT2D eigenvalue weighted by Crippen LogP contribution is -2.56. The SMILES string of the molecule is CCCCCCCCC1C[C@]1(NC(=O)[C@@H]1CCCN1C(=O)CNC(=O)NC(CN(C)S(=O)(=O)c1cccs1)C(C)(C)C)C(=O)O. The Hall–Kier alpha value is -2.71. The molecule has 0 aromatic carbocycles. The van der Waals surface area contributed by atoms with Gasteiger partial charge in [-0.05, 0) is 48.5 Å². The molecule has 2 aliphatic rings. The standard InChI is InChI=1S/C31H51N5O7S2/c1-6-7-8-9-10-11-14-22-19-31(22,28(39)40)34-27(38)23-15-12-17-36(23)25(37)20-32-29(41)33-24(30(2,3)4)21-35(5)45(42,43)26-16-13-18-44-26/h13,16,18,22-24H,6-12,14-15,17,19-21H2,1-5H3,(H,34,38)(H,39,40)(H2,32,33,41)/t22?,23-,24?,31+/m0/s1. The van der Waals surface area contributed by atoms with E-state index in [2.05, 4.69) is 22.9 Å². The Balaban J connectivity index is 1.52. The van der Waals surface area contributed by atoms with Gasteiger partial charge in [0.15, 0.2) is 0 Å². The highest BCUT2D eigenvalue weighted by atomic mass is 32.2. The van der Waals surface area contributed by atoms with Gasteiger partial charge in [-0.15, -0.1) is 11.3 Å². The molecule has 1 aliphatic heterocycles. The van der Waals surface area contributed by atoms with E-state index in [1.807, 2.05) is 20.8 Å². The van der Waals surface area contributed by atoms with Crippen LogP contribution in [-0.2, 0) is 24.4 Å². The molecule has 2 unspecified atom stereocenters. The zero-order valence-corrected chi connectivity index (χ0v) is 28.9. The highest BCUT2D eigenvalue weighted by Gasteiger charge is 2.61. The van der Waals surface area contributed by atoms with Crippen molar-refractivity contribution in [2.75, 3.05) is 26.7 Å². The molecule has 3 rings (SSSR count). The first-order chi connectivity index (χ1) is 21.1. The monoisotopic (exact) mass is 669 g/mol. The molecule has 1 aromatic rings. The normalized spacial score (nSPS) is 22.2. The fourth-order valence-corrected chi connectivity index (χ4v) is 8.27. The summed E-state index contributed by atoms with van der Waals surface area (Å²) in [7, 11) is -2.26. The van der Waals surface area contributed by atoms with Gasteiger partial charge in [0.05, 0.1) is 6.54 Å². The van der Waals surface area contributed by atoms with E-state index in [1.54, 1.807) is 11.4 Å². The Labute approximate surface area is 271 Å². The highest BCUT2D eigenvalue weighted by molar-refractivity contribution is 7.91. The van der Waals surface area contributed by atoms with Gasteiger partial charge >= 0.3 is 12.0 Å². The van der Waals surface area contributed by atoms with Crippen molar-refractivity contribution in [1.29, 1.82) is 0 Å². The molecule has 1 aromatic heterocycles. The lowest BCUT2D eigenvalue weighted by molar-refractivity contribution is -0.145. The van der Waals surface area contributed by atoms with E-state index in [9.17, 15) is 32.7 Å². The van der Waals surface area contributed by atoms with Gasteiger partial charge in [-0.1, -0.05) is 72.3 Å². The smallest absolute Gasteiger partial charge is 0.329 e. The molecule has 0 spiro atoms. The number of carbonyl (C=O) groups excluding carboxylic acids is 3. The molecule has 4 N–H and O–H groups in total. The summed E-state index contributed by atoms with van der Waals surface area (Å²) in [6.07, 6.45) is 8.80. The van der Waals surface area contributed by atoms with Crippen molar-refractivity contribution in [2.45, 2.75) is 114 Å². The number of carbonyl (C=O) groups is 4. The van der Waals surface area contributed by atoms with Crippen LogP contribution in [0.4, 0.5) is 4.79 Å². The molecule has 254 valence electrons. The third-order valence-corrected chi connectivity index (χ3v) is 12.2. The van der Waals surface area contributed by atoms with E-state index in [0.717, 1.165) is 37.0 Å². The Kier molecular flexibility index (Phi) is 12.8. The second-order valence-electron chi connectivity index (χ2n) is 13.4. The highest BCUT2D eigenvalue weighted by Crippen LogP contribution is 2.47. The lowest BCUT2D eigenvalue weighted by atomic mass is 9.87. The number of urea groups is 1. The molecular weight excluding hydrogens is 619 g/mol. The predicted octanol–water partition coefficient (Wildman–Crippen LogP) is 3.78. The second-order valence-corrected chi connectivity index (χ2v) is 16.7. The molecule has 4 atom stereocenters. The number of likely N-dealkylation sites (tertiary alicyclic amines) is 1. The molecule has 0 bridgehead atoms. The van der Waals surface area contributed by atoms with E-state index < -0.39 is 56.9 Å². The molecule has 45 heavy (non-hydrogen) atoms. The van der Waals surface area contributed by atoms with Crippen LogP contribution in [0.25, 0.3) is 0 Å². The number of aliphatic carboxylic acids is 1. The van der Waals surface area contributed by atoms with Gasteiger partial charge in [-0.3, -0.25) is 9.59 Å².